The first-order valence-corrected chi connectivity index (χ1v) is 22.4. The lowest BCUT2D eigenvalue weighted by Crippen LogP contribution is -2.30. The maximum Gasteiger partial charge on any atom is 0.496 e. The van der Waals surface area contributed by atoms with Crippen molar-refractivity contribution in [3.63, 3.8) is 0 Å². The molecule has 378 valence electrons. The fraction of sp³-hybridized carbons (Fsp3) is 0.400. The van der Waals surface area contributed by atoms with Crippen molar-refractivity contribution in [2.45, 2.75) is 73.1 Å². The van der Waals surface area contributed by atoms with Gasteiger partial charge in [0.25, 0.3) is 0 Å². The van der Waals surface area contributed by atoms with E-state index < -0.39 is 32.4 Å². The van der Waals surface area contributed by atoms with Gasteiger partial charge in [0.2, 0.25) is 6.54 Å². The highest BCUT2D eigenvalue weighted by molar-refractivity contribution is 6.63. The van der Waals surface area contributed by atoms with Crippen LogP contribution in [0.3, 0.4) is 0 Å². The van der Waals surface area contributed by atoms with Crippen LogP contribution in [0.25, 0.3) is 0 Å². The molecule has 17 nitrogen and oxygen atoms in total. The summed E-state index contributed by atoms with van der Waals surface area (Å²) in [6, 6.07) is 36.3. The van der Waals surface area contributed by atoms with E-state index in [-0.39, 0.29) is 47.6 Å². The van der Waals surface area contributed by atoms with Gasteiger partial charge in [0, 0.05) is 60.3 Å². The lowest BCUT2D eigenvalue weighted by atomic mass is 9.78. The fourth-order valence-electron chi connectivity index (χ4n) is 7.69. The fourth-order valence-corrected chi connectivity index (χ4v) is 7.69. The van der Waals surface area contributed by atoms with E-state index in [1.165, 1.54) is 0 Å². The molecule has 0 aliphatic carbocycles. The molecule has 0 radical (unpaired) electrons. The number of rotatable bonds is 22. The maximum absolute atomic E-state index is 10.7. The van der Waals surface area contributed by atoms with Gasteiger partial charge >= 0.3 is 21.4 Å². The molecule has 0 bridgehead atoms. The molecular weight excluding hydrogens is 899 g/mol. The second kappa shape index (κ2) is 31.1. The minimum absolute atomic E-state index is 0. The lowest BCUT2D eigenvalue weighted by Gasteiger charge is -2.11. The van der Waals surface area contributed by atoms with Crippen LogP contribution in [0.5, 0.6) is 17.2 Å². The summed E-state index contributed by atoms with van der Waals surface area (Å²) in [6.07, 6.45) is 0.711. The van der Waals surface area contributed by atoms with Gasteiger partial charge in [-0.3, -0.25) is 10.1 Å². The molecule has 8 N–H and O–H groups in total. The predicted molar refractivity (Wildman–Crippen MR) is 273 cm³/mol. The largest absolute Gasteiger partial charge is 0.496 e. The van der Waals surface area contributed by atoms with Crippen molar-refractivity contribution in [3.8, 4) is 17.2 Å². The minimum atomic E-state index is -1.21. The van der Waals surface area contributed by atoms with Crippen LogP contribution >= 0.6 is 0 Å². The topological polar surface area (TPSA) is 250 Å². The first-order valence-electron chi connectivity index (χ1n) is 22.4. The molecule has 0 aromatic heterocycles. The number of aliphatic hydroxyl groups excluding tert-OH is 1. The van der Waals surface area contributed by atoms with Gasteiger partial charge in [0.05, 0.1) is 58.5 Å². The standard InChI is InChI=1S/C18H20BNO6.C18H22BNO4.C11H16BNO4.3CH4/c21-19-18-15(17(26-19)12-20(22)23)8-4-9-16(18)25-11-5-10-24-13-14-6-2-1-3-7-14;20-12-17-15-8-4-9-16(18(15)19(21)24-17)23-11-5-10-22-13-14-6-2-1-3-7-14;13-7-10-8-3-1-4-9(16-6-2-5-14)11(8)12(15)17-10;;;/h1-4,6-9,17,21H,5,10-13H2;1-4,6-9,17,21H,5,10-13,20H2;1,3-4,10,14-15H,2,5-7,13H2;3*1H4. The summed E-state index contributed by atoms with van der Waals surface area (Å²) in [5.74, 6) is 1.74. The average molecular weight is 970 g/mol. The average Bonchev–Trinajstić information content (AvgIpc) is 3.98. The van der Waals surface area contributed by atoms with Crippen molar-refractivity contribution in [2.75, 3.05) is 59.3 Å². The van der Waals surface area contributed by atoms with Crippen molar-refractivity contribution < 1.29 is 62.7 Å². The van der Waals surface area contributed by atoms with Gasteiger partial charge < -0.3 is 69.3 Å². The van der Waals surface area contributed by atoms with Crippen LogP contribution in [-0.2, 0) is 36.7 Å². The van der Waals surface area contributed by atoms with Crippen LogP contribution in [0.4, 0.5) is 0 Å². The first kappa shape index (κ1) is 59.0. The van der Waals surface area contributed by atoms with Gasteiger partial charge in [-0.2, -0.15) is 0 Å². The molecule has 5 aromatic rings. The highest BCUT2D eigenvalue weighted by Gasteiger charge is 2.41. The molecule has 0 spiro atoms. The van der Waals surface area contributed by atoms with E-state index in [9.17, 15) is 25.2 Å². The van der Waals surface area contributed by atoms with Crippen LogP contribution in [0.2, 0.25) is 0 Å². The van der Waals surface area contributed by atoms with Crippen molar-refractivity contribution in [1.29, 1.82) is 0 Å². The Morgan fingerprint density at radius 1 is 0.514 bits per heavy atom. The van der Waals surface area contributed by atoms with E-state index in [1.54, 1.807) is 24.3 Å². The number of nitro groups is 1. The Morgan fingerprint density at radius 3 is 1.23 bits per heavy atom. The van der Waals surface area contributed by atoms with Crippen molar-refractivity contribution >= 4 is 37.7 Å². The Balaban J connectivity index is 0.000000277. The predicted octanol–water partition coefficient (Wildman–Crippen LogP) is 4.17. The molecule has 0 saturated heterocycles. The van der Waals surface area contributed by atoms with Crippen molar-refractivity contribution in [2.24, 2.45) is 11.5 Å². The molecule has 3 aliphatic rings. The number of nitrogens with zero attached hydrogens (tertiary/aromatic N) is 1. The zero-order chi connectivity index (χ0) is 47.4. The normalized spacial score (nSPS) is 15.9. The molecule has 0 amide bonds. The van der Waals surface area contributed by atoms with Crippen molar-refractivity contribution in [3.05, 3.63) is 153 Å². The number of ether oxygens (including phenoxy) is 5. The van der Waals surface area contributed by atoms with E-state index in [4.69, 9.17) is 54.2 Å². The first-order chi connectivity index (χ1) is 32.7. The molecular formula is C50H70B3N3O14. The second-order valence-electron chi connectivity index (χ2n) is 15.6. The third kappa shape index (κ3) is 16.6. The van der Waals surface area contributed by atoms with Gasteiger partial charge in [0.1, 0.15) is 23.4 Å². The summed E-state index contributed by atoms with van der Waals surface area (Å²) in [5.41, 5.74) is 17.7. The molecule has 0 fully saturated rings. The molecule has 5 aromatic carbocycles. The summed E-state index contributed by atoms with van der Waals surface area (Å²) in [6.45, 7) is 4.02. The molecule has 0 saturated carbocycles. The van der Waals surface area contributed by atoms with Crippen LogP contribution in [-0.4, -0.2) is 106 Å². The number of hydrogen-bond donors (Lipinski definition) is 6. The van der Waals surface area contributed by atoms with Crippen LogP contribution in [0.1, 0.15) is 87.7 Å². The Kier molecular flexibility index (Phi) is 26.2. The van der Waals surface area contributed by atoms with Gasteiger partial charge in [-0.25, -0.2) is 0 Å². The number of nitrogens with two attached hydrogens (primary N) is 2. The molecule has 70 heavy (non-hydrogen) atoms. The minimum Gasteiger partial charge on any atom is -0.494 e. The lowest BCUT2D eigenvalue weighted by molar-refractivity contribution is -0.490. The van der Waals surface area contributed by atoms with E-state index in [0.717, 1.165) is 28.7 Å². The van der Waals surface area contributed by atoms with E-state index in [2.05, 4.69) is 0 Å². The number of fused-ring (bicyclic) bond motifs is 3. The van der Waals surface area contributed by atoms with Gasteiger partial charge in [0.15, 0.2) is 0 Å². The Morgan fingerprint density at radius 2 is 0.871 bits per heavy atom. The van der Waals surface area contributed by atoms with E-state index >= 15 is 0 Å². The highest BCUT2D eigenvalue weighted by atomic mass is 16.6. The SMILES string of the molecule is C.C.C.NCC1OB(O)c2c(OCCCO)cccc21.NCC1OB(O)c2c(OCCCOCc3ccccc3)cccc21.O=[N+]([O-])CC1OB(O)c2c(OCCCOCc3ccccc3)cccc21. The van der Waals surface area contributed by atoms with Crippen molar-refractivity contribution in [1.82, 2.24) is 0 Å². The Bertz CT molecular complexity index is 2270. The molecule has 3 atom stereocenters. The van der Waals surface area contributed by atoms with Crippen LogP contribution in [0, 0.1) is 10.1 Å². The molecule has 3 heterocycles. The number of benzene rings is 5. The third-order valence-electron chi connectivity index (χ3n) is 10.9. The summed E-state index contributed by atoms with van der Waals surface area (Å²) in [4.78, 5) is 10.3. The second-order valence-corrected chi connectivity index (χ2v) is 15.6. The molecule has 3 unspecified atom stereocenters. The van der Waals surface area contributed by atoms with Gasteiger partial charge in [-0.05, 0) is 46.0 Å². The quantitative estimate of drug-likeness (QED) is 0.0247. The van der Waals surface area contributed by atoms with E-state index in [1.807, 2.05) is 91.0 Å². The summed E-state index contributed by atoms with van der Waals surface area (Å²) in [7, 11) is -3.16. The highest BCUT2D eigenvalue weighted by Crippen LogP contribution is 2.29. The Labute approximate surface area is 413 Å². The third-order valence-corrected chi connectivity index (χ3v) is 10.9. The monoisotopic (exact) mass is 970 g/mol. The summed E-state index contributed by atoms with van der Waals surface area (Å²) < 4.78 is 44.3. The zero-order valence-electron chi connectivity index (χ0n) is 37.3. The molecule has 8 rings (SSSR count). The van der Waals surface area contributed by atoms with Gasteiger partial charge in [-0.1, -0.05) is 119 Å². The summed E-state index contributed by atoms with van der Waals surface area (Å²) in [5, 5.41) is 49.4. The smallest absolute Gasteiger partial charge is 0.494 e. The van der Waals surface area contributed by atoms with E-state index in [0.29, 0.717) is 111 Å². The van der Waals surface area contributed by atoms with Gasteiger partial charge in [-0.15, -0.1) is 0 Å². The number of aliphatic hydroxyl groups is 1. The van der Waals surface area contributed by atoms with Crippen LogP contribution < -0.4 is 42.1 Å². The Hall–Kier alpha value is -5.35. The number of hydrogen-bond acceptors (Lipinski definition) is 16. The van der Waals surface area contributed by atoms with Crippen LogP contribution in [0.15, 0.2) is 115 Å². The summed E-state index contributed by atoms with van der Waals surface area (Å²) >= 11 is 0. The molecule has 3 aliphatic heterocycles. The maximum atomic E-state index is 10.7. The molecule has 20 heteroatoms. The zero-order valence-corrected chi connectivity index (χ0v) is 37.3.